The van der Waals surface area contributed by atoms with Crippen LogP contribution in [0.15, 0.2) is 30.6 Å². The van der Waals surface area contributed by atoms with E-state index in [1.807, 2.05) is 0 Å². The van der Waals surface area contributed by atoms with Crippen LogP contribution in [-0.2, 0) is 19.8 Å². The van der Waals surface area contributed by atoms with E-state index in [-0.39, 0.29) is 17.0 Å². The molecule has 0 spiro atoms. The van der Waals surface area contributed by atoms with E-state index in [4.69, 9.17) is 13.3 Å². The first kappa shape index (κ1) is 32.7. The monoisotopic (exact) mass is 545 g/mol. The first-order valence-corrected chi connectivity index (χ1v) is 15.2. The molecule has 1 heterocycles. The summed E-state index contributed by atoms with van der Waals surface area (Å²) in [7, 11) is 2.68. The lowest BCUT2D eigenvalue weighted by atomic mass is 9.95. The number of halogens is 1. The second-order valence-electron chi connectivity index (χ2n) is 9.30. The highest BCUT2D eigenvalue weighted by molar-refractivity contribution is 6.60. The summed E-state index contributed by atoms with van der Waals surface area (Å²) in [5.41, 5.74) is 0. The van der Waals surface area contributed by atoms with Crippen LogP contribution in [0.5, 0.6) is 0 Å². The first-order chi connectivity index (χ1) is 15.7. The Morgan fingerprint density at radius 3 is 1.58 bits per heavy atom. The standard InChI is InChI=1S/C27H52NO3Si.BrH/c1-5-6-7-8-9-10-11-12-13-14-15-17-21-27(26-28-23-18-16-19-24-28)22-20-25-32(29-2,30-3)31-4;/h16,18-19,23-24,27H,5-15,17,20-22,25-26H2,1-4H3;1H/q+1;/p-1. The molecule has 0 aliphatic heterocycles. The Kier molecular flexibility index (Phi) is 22.0. The summed E-state index contributed by atoms with van der Waals surface area (Å²) in [5.74, 6) is 0.697. The third kappa shape index (κ3) is 16.1. The lowest BCUT2D eigenvalue weighted by Gasteiger charge is -2.25. The van der Waals surface area contributed by atoms with Gasteiger partial charge in [0.15, 0.2) is 18.9 Å². The molecule has 0 saturated carbocycles. The Hall–Kier alpha value is -0.273. The molecule has 0 aromatic carbocycles. The van der Waals surface area contributed by atoms with E-state index in [2.05, 4.69) is 42.1 Å². The fourth-order valence-electron chi connectivity index (χ4n) is 4.62. The maximum Gasteiger partial charge on any atom is 0.500 e. The molecule has 0 N–H and O–H groups in total. The van der Waals surface area contributed by atoms with Crippen molar-refractivity contribution in [3.63, 3.8) is 0 Å². The fraction of sp³-hybridized carbons (Fsp3) is 0.815. The second kappa shape index (κ2) is 22.2. The summed E-state index contributed by atoms with van der Waals surface area (Å²) in [4.78, 5) is 0. The van der Waals surface area contributed by atoms with Crippen LogP contribution in [-0.4, -0.2) is 30.1 Å². The van der Waals surface area contributed by atoms with E-state index in [9.17, 15) is 0 Å². The summed E-state index contributed by atoms with van der Waals surface area (Å²) >= 11 is 0. The van der Waals surface area contributed by atoms with Crippen molar-refractivity contribution in [1.82, 2.24) is 0 Å². The molecule has 1 unspecified atom stereocenters. The summed E-state index contributed by atoms with van der Waals surface area (Å²) in [6.07, 6.45) is 24.9. The molecule has 0 aliphatic carbocycles. The van der Waals surface area contributed by atoms with Gasteiger partial charge in [0.2, 0.25) is 0 Å². The third-order valence-electron chi connectivity index (χ3n) is 6.74. The van der Waals surface area contributed by atoms with E-state index < -0.39 is 8.80 Å². The molecular formula is C27H52BrNO3Si. The van der Waals surface area contributed by atoms with Gasteiger partial charge in [-0.05, 0) is 19.3 Å². The van der Waals surface area contributed by atoms with Gasteiger partial charge >= 0.3 is 8.80 Å². The van der Waals surface area contributed by atoms with Crippen LogP contribution in [0.25, 0.3) is 0 Å². The SMILES string of the molecule is CCCCCCCCCCCCCCC(CCC[Si](OC)(OC)OC)C[n+]1ccccc1.[Br-]. The van der Waals surface area contributed by atoms with Crippen LogP contribution < -0.4 is 21.5 Å². The van der Waals surface area contributed by atoms with Crippen molar-refractivity contribution in [2.24, 2.45) is 5.92 Å². The molecule has 1 rings (SSSR count). The van der Waals surface area contributed by atoms with Gasteiger partial charge in [0.25, 0.3) is 0 Å². The molecular weight excluding hydrogens is 494 g/mol. The molecule has 0 amide bonds. The first-order valence-electron chi connectivity index (χ1n) is 13.3. The predicted molar refractivity (Wildman–Crippen MR) is 137 cm³/mol. The van der Waals surface area contributed by atoms with Crippen LogP contribution >= 0.6 is 0 Å². The molecule has 0 aliphatic rings. The number of hydrogen-bond donors (Lipinski definition) is 0. The Labute approximate surface area is 216 Å². The number of nitrogens with zero attached hydrogens (tertiary/aromatic N) is 1. The molecule has 1 aromatic heterocycles. The zero-order valence-corrected chi connectivity index (χ0v) is 24.6. The Bertz CT molecular complexity index is 523. The van der Waals surface area contributed by atoms with Gasteiger partial charge in [-0.15, -0.1) is 0 Å². The molecule has 33 heavy (non-hydrogen) atoms. The van der Waals surface area contributed by atoms with E-state index in [1.165, 1.54) is 89.9 Å². The normalized spacial score (nSPS) is 12.5. The number of pyridine rings is 1. The Morgan fingerprint density at radius 1 is 0.636 bits per heavy atom. The maximum absolute atomic E-state index is 5.60. The Morgan fingerprint density at radius 2 is 1.09 bits per heavy atom. The van der Waals surface area contributed by atoms with E-state index in [0.717, 1.165) is 19.0 Å². The van der Waals surface area contributed by atoms with E-state index in [1.54, 1.807) is 21.3 Å². The van der Waals surface area contributed by atoms with Crippen molar-refractivity contribution >= 4 is 8.80 Å². The van der Waals surface area contributed by atoms with Gasteiger partial charge in [0, 0.05) is 45.4 Å². The topological polar surface area (TPSA) is 31.6 Å². The van der Waals surface area contributed by atoms with Crippen LogP contribution in [0.3, 0.4) is 0 Å². The number of aromatic nitrogens is 1. The Balaban J connectivity index is 0.0000102. The molecule has 0 saturated heterocycles. The van der Waals surface area contributed by atoms with Gasteiger partial charge < -0.3 is 30.3 Å². The molecule has 6 heteroatoms. The number of rotatable bonds is 22. The molecule has 0 fully saturated rings. The minimum Gasteiger partial charge on any atom is -1.00 e. The van der Waals surface area contributed by atoms with Crippen molar-refractivity contribution < 1.29 is 34.8 Å². The highest BCUT2D eigenvalue weighted by Gasteiger charge is 2.37. The van der Waals surface area contributed by atoms with Crippen molar-refractivity contribution in [2.75, 3.05) is 21.3 Å². The van der Waals surface area contributed by atoms with Gasteiger partial charge in [0.05, 0.1) is 0 Å². The van der Waals surface area contributed by atoms with Crippen LogP contribution in [0, 0.1) is 5.92 Å². The average molecular weight is 547 g/mol. The minimum absolute atomic E-state index is 0. The highest BCUT2D eigenvalue weighted by Crippen LogP contribution is 2.23. The number of hydrogen-bond acceptors (Lipinski definition) is 3. The summed E-state index contributed by atoms with van der Waals surface area (Å²) in [6, 6.07) is 7.23. The largest absolute Gasteiger partial charge is 1.00 e. The van der Waals surface area contributed by atoms with E-state index in [0.29, 0.717) is 5.92 Å². The van der Waals surface area contributed by atoms with Gasteiger partial charge in [-0.3, -0.25) is 0 Å². The van der Waals surface area contributed by atoms with Crippen LogP contribution in [0.2, 0.25) is 6.04 Å². The quantitative estimate of drug-likeness (QED) is 0.123. The molecule has 0 bridgehead atoms. The molecule has 4 nitrogen and oxygen atoms in total. The fourth-order valence-corrected chi connectivity index (χ4v) is 6.37. The zero-order chi connectivity index (χ0) is 23.3. The van der Waals surface area contributed by atoms with Crippen molar-refractivity contribution in [2.45, 2.75) is 116 Å². The number of unbranched alkanes of at least 4 members (excludes halogenated alkanes) is 11. The van der Waals surface area contributed by atoms with Gasteiger partial charge in [-0.25, -0.2) is 4.57 Å². The van der Waals surface area contributed by atoms with E-state index >= 15 is 0 Å². The summed E-state index contributed by atoms with van der Waals surface area (Å²) in [5, 5.41) is 0. The van der Waals surface area contributed by atoms with Gasteiger partial charge in [-0.1, -0.05) is 90.0 Å². The maximum atomic E-state index is 5.60. The predicted octanol–water partition coefficient (Wildman–Crippen LogP) is 4.34. The smallest absolute Gasteiger partial charge is 0.500 e. The average Bonchev–Trinajstić information content (AvgIpc) is 2.83. The minimum atomic E-state index is -2.45. The van der Waals surface area contributed by atoms with Gasteiger partial charge in [-0.2, -0.15) is 0 Å². The molecule has 1 atom stereocenters. The van der Waals surface area contributed by atoms with Crippen molar-refractivity contribution in [3.8, 4) is 0 Å². The molecule has 194 valence electrons. The van der Waals surface area contributed by atoms with Gasteiger partial charge in [0.1, 0.15) is 0 Å². The molecule has 1 aromatic rings. The lowest BCUT2D eigenvalue weighted by molar-refractivity contribution is -0.703. The lowest BCUT2D eigenvalue weighted by Crippen LogP contribution is -3.00. The highest BCUT2D eigenvalue weighted by atomic mass is 79.9. The van der Waals surface area contributed by atoms with Crippen molar-refractivity contribution in [3.05, 3.63) is 30.6 Å². The van der Waals surface area contributed by atoms with Crippen LogP contribution in [0.4, 0.5) is 0 Å². The molecule has 0 radical (unpaired) electrons. The van der Waals surface area contributed by atoms with Crippen molar-refractivity contribution in [1.29, 1.82) is 0 Å². The third-order valence-corrected chi connectivity index (χ3v) is 9.57. The zero-order valence-electron chi connectivity index (χ0n) is 22.0. The summed E-state index contributed by atoms with van der Waals surface area (Å²) < 4.78 is 19.1. The van der Waals surface area contributed by atoms with Crippen LogP contribution in [0.1, 0.15) is 103 Å². The second-order valence-corrected chi connectivity index (χ2v) is 12.4. The summed E-state index contributed by atoms with van der Waals surface area (Å²) in [6.45, 7) is 3.39.